The topological polar surface area (TPSA) is 111 Å². The number of anilines is 1. The largest absolute Gasteiger partial charge is 0.493 e. The highest BCUT2D eigenvalue weighted by atomic mass is 16.5. The Bertz CT molecular complexity index is 1840. The van der Waals surface area contributed by atoms with Crippen molar-refractivity contribution in [2.75, 3.05) is 25.2 Å². The molecular formula is C33H28N6O4. The third kappa shape index (κ3) is 6.47. The summed E-state index contributed by atoms with van der Waals surface area (Å²) in [5.41, 5.74) is 3.25. The number of hydrogen-bond acceptors (Lipinski definition) is 7. The van der Waals surface area contributed by atoms with E-state index in [1.54, 1.807) is 30.1 Å². The highest BCUT2D eigenvalue weighted by Crippen LogP contribution is 2.31. The minimum absolute atomic E-state index is 0.0210. The minimum atomic E-state index is -0.913. The molecule has 0 bridgehead atoms. The van der Waals surface area contributed by atoms with Crippen LogP contribution in [-0.4, -0.2) is 57.9 Å². The Labute approximate surface area is 248 Å². The molecule has 214 valence electrons. The van der Waals surface area contributed by atoms with Crippen molar-refractivity contribution in [1.82, 2.24) is 25.1 Å². The Kier molecular flexibility index (Phi) is 7.95. The van der Waals surface area contributed by atoms with Gasteiger partial charge in [-0.15, -0.1) is 5.10 Å². The molecule has 1 atom stereocenters. The number of rotatable bonds is 7. The van der Waals surface area contributed by atoms with Gasteiger partial charge < -0.3 is 19.7 Å². The van der Waals surface area contributed by atoms with Gasteiger partial charge in [-0.1, -0.05) is 48.2 Å². The van der Waals surface area contributed by atoms with Gasteiger partial charge in [0.2, 0.25) is 5.82 Å². The number of likely N-dealkylation sites (N-methyl/N-ethyl adjacent to an activating group) is 1. The van der Waals surface area contributed by atoms with Gasteiger partial charge in [0.15, 0.2) is 0 Å². The van der Waals surface area contributed by atoms with Crippen molar-refractivity contribution in [3.05, 3.63) is 108 Å². The Morgan fingerprint density at radius 2 is 1.95 bits per heavy atom. The fourth-order valence-electron chi connectivity index (χ4n) is 4.68. The number of carbonyl (C=O) groups is 2. The number of pyridine rings is 1. The number of fused-ring (bicyclic) bond motifs is 2. The van der Waals surface area contributed by atoms with Gasteiger partial charge in [0, 0.05) is 30.6 Å². The molecule has 10 heteroatoms. The molecule has 2 amide bonds. The molecule has 0 aliphatic carbocycles. The fourth-order valence-corrected chi connectivity index (χ4v) is 4.68. The minimum Gasteiger partial charge on any atom is -0.493 e. The molecule has 1 aliphatic rings. The molecule has 10 nitrogen and oxygen atoms in total. The fraction of sp³-hybridized carbons (Fsp3) is 0.182. The van der Waals surface area contributed by atoms with Gasteiger partial charge in [-0.05, 0) is 48.0 Å². The lowest BCUT2D eigenvalue weighted by Crippen LogP contribution is -2.49. The zero-order valence-corrected chi connectivity index (χ0v) is 23.4. The van der Waals surface area contributed by atoms with E-state index in [0.717, 1.165) is 27.8 Å². The van der Waals surface area contributed by atoms with E-state index in [0.29, 0.717) is 31.0 Å². The van der Waals surface area contributed by atoms with Crippen LogP contribution in [0.2, 0.25) is 0 Å². The molecule has 5 aromatic rings. The van der Waals surface area contributed by atoms with Crippen molar-refractivity contribution in [2.24, 2.45) is 0 Å². The van der Waals surface area contributed by atoms with E-state index in [4.69, 9.17) is 9.47 Å². The van der Waals surface area contributed by atoms with E-state index < -0.39 is 11.9 Å². The molecule has 0 radical (unpaired) electrons. The zero-order chi connectivity index (χ0) is 29.6. The van der Waals surface area contributed by atoms with Crippen molar-refractivity contribution >= 4 is 28.4 Å². The standard InChI is InChI=1S/C33H28N6O4/c1-38-29-18-23(8-5-6-17-42-26-13-14-27-25(19-26)11-7-16-34-27)12-15-30(29)43-21-28(33(38)41)36-32(40)31-35-22-39(37-31)20-24-9-3-2-4-10-24/h2-4,7,9-16,18-19,22,28H,6,17,20-21H2,1H3,(H,36,40)/t28-/m0/s1. The predicted octanol–water partition coefficient (Wildman–Crippen LogP) is 3.85. The number of benzene rings is 3. The smallest absolute Gasteiger partial charge is 0.291 e. The summed E-state index contributed by atoms with van der Waals surface area (Å²) in [5, 5.41) is 7.99. The number of nitrogens with one attached hydrogen (secondary N) is 1. The molecule has 2 aromatic heterocycles. The van der Waals surface area contributed by atoms with E-state index >= 15 is 0 Å². The van der Waals surface area contributed by atoms with Crippen LogP contribution in [0.1, 0.15) is 28.2 Å². The predicted molar refractivity (Wildman–Crippen MR) is 161 cm³/mol. The number of aromatic nitrogens is 4. The van der Waals surface area contributed by atoms with E-state index in [-0.39, 0.29) is 18.3 Å². The van der Waals surface area contributed by atoms with Crippen molar-refractivity contribution in [2.45, 2.75) is 19.0 Å². The normalized spacial score (nSPS) is 14.2. The third-order valence-electron chi connectivity index (χ3n) is 6.89. The molecule has 6 rings (SSSR count). The summed E-state index contributed by atoms with van der Waals surface area (Å²) >= 11 is 0. The molecule has 3 aromatic carbocycles. The summed E-state index contributed by atoms with van der Waals surface area (Å²) in [4.78, 5) is 36.1. The second-order valence-electron chi connectivity index (χ2n) is 9.93. The first-order chi connectivity index (χ1) is 21.0. The second kappa shape index (κ2) is 12.4. The van der Waals surface area contributed by atoms with Gasteiger partial charge in [0.25, 0.3) is 11.8 Å². The molecule has 1 aliphatic heterocycles. The highest BCUT2D eigenvalue weighted by Gasteiger charge is 2.31. The molecule has 0 saturated heterocycles. The number of ether oxygens (including phenoxy) is 2. The number of carbonyl (C=O) groups excluding carboxylic acids is 2. The molecular weight excluding hydrogens is 544 g/mol. The molecule has 0 spiro atoms. The Balaban J connectivity index is 1.05. The van der Waals surface area contributed by atoms with Gasteiger partial charge >= 0.3 is 0 Å². The van der Waals surface area contributed by atoms with E-state index in [9.17, 15) is 9.59 Å². The first-order valence-electron chi connectivity index (χ1n) is 13.8. The van der Waals surface area contributed by atoms with Gasteiger partial charge in [0.1, 0.15) is 30.5 Å². The average Bonchev–Trinajstić information content (AvgIpc) is 3.47. The second-order valence-corrected chi connectivity index (χ2v) is 9.93. The van der Waals surface area contributed by atoms with Crippen LogP contribution in [0.3, 0.4) is 0 Å². The Morgan fingerprint density at radius 1 is 1.07 bits per heavy atom. The highest BCUT2D eigenvalue weighted by molar-refractivity contribution is 6.02. The first kappa shape index (κ1) is 27.5. The number of amides is 2. The maximum Gasteiger partial charge on any atom is 0.291 e. The van der Waals surface area contributed by atoms with Crippen LogP contribution in [-0.2, 0) is 11.3 Å². The van der Waals surface area contributed by atoms with Crippen LogP contribution in [0.5, 0.6) is 11.5 Å². The molecule has 1 N–H and O–H groups in total. The van der Waals surface area contributed by atoms with Gasteiger partial charge in [-0.2, -0.15) is 0 Å². The number of nitrogens with zero attached hydrogens (tertiary/aromatic N) is 5. The van der Waals surface area contributed by atoms with Crippen LogP contribution in [0.15, 0.2) is 91.4 Å². The summed E-state index contributed by atoms with van der Waals surface area (Å²) < 4.78 is 13.3. The lowest BCUT2D eigenvalue weighted by molar-refractivity contribution is -0.120. The zero-order valence-electron chi connectivity index (χ0n) is 23.4. The summed E-state index contributed by atoms with van der Waals surface area (Å²) in [6.45, 7) is 0.886. The van der Waals surface area contributed by atoms with E-state index in [1.165, 1.54) is 11.2 Å². The first-order valence-corrected chi connectivity index (χ1v) is 13.8. The van der Waals surface area contributed by atoms with Crippen molar-refractivity contribution < 1.29 is 19.1 Å². The molecule has 0 fully saturated rings. The van der Waals surface area contributed by atoms with Crippen LogP contribution < -0.4 is 19.7 Å². The third-order valence-corrected chi connectivity index (χ3v) is 6.89. The average molecular weight is 573 g/mol. The Morgan fingerprint density at radius 3 is 2.84 bits per heavy atom. The molecule has 43 heavy (non-hydrogen) atoms. The van der Waals surface area contributed by atoms with Crippen LogP contribution in [0, 0.1) is 11.8 Å². The molecule has 3 heterocycles. The summed E-state index contributed by atoms with van der Waals surface area (Å²) in [5.74, 6) is 6.65. The molecule has 0 unspecified atom stereocenters. The summed E-state index contributed by atoms with van der Waals surface area (Å²) in [7, 11) is 1.64. The van der Waals surface area contributed by atoms with Crippen LogP contribution >= 0.6 is 0 Å². The van der Waals surface area contributed by atoms with Gasteiger partial charge in [-0.3, -0.25) is 14.6 Å². The summed E-state index contributed by atoms with van der Waals surface area (Å²) in [6.07, 6.45) is 3.78. The quantitative estimate of drug-likeness (QED) is 0.233. The lowest BCUT2D eigenvalue weighted by Gasteiger charge is -2.20. The lowest BCUT2D eigenvalue weighted by atomic mass is 10.1. The monoisotopic (exact) mass is 572 g/mol. The maximum atomic E-state index is 13.3. The van der Waals surface area contributed by atoms with Crippen LogP contribution in [0.25, 0.3) is 10.9 Å². The van der Waals surface area contributed by atoms with Crippen molar-refractivity contribution in [3.8, 4) is 23.3 Å². The SMILES string of the molecule is CN1C(=O)[C@@H](NC(=O)c2ncn(Cc3ccccc3)n2)COc2ccc(C#CCCOc3ccc4ncccc4c3)cc21. The van der Waals surface area contributed by atoms with Gasteiger partial charge in [0.05, 0.1) is 24.4 Å². The van der Waals surface area contributed by atoms with E-state index in [1.807, 2.05) is 66.7 Å². The van der Waals surface area contributed by atoms with Crippen LogP contribution in [0.4, 0.5) is 5.69 Å². The summed E-state index contributed by atoms with van der Waals surface area (Å²) in [6, 6.07) is 23.9. The Hall–Kier alpha value is -5.69. The maximum absolute atomic E-state index is 13.3. The van der Waals surface area contributed by atoms with E-state index in [2.05, 4.69) is 32.2 Å². The molecule has 0 saturated carbocycles. The van der Waals surface area contributed by atoms with Crippen molar-refractivity contribution in [3.63, 3.8) is 0 Å². The van der Waals surface area contributed by atoms with Gasteiger partial charge in [-0.25, -0.2) is 9.67 Å². The van der Waals surface area contributed by atoms with Crippen molar-refractivity contribution in [1.29, 1.82) is 0 Å². The number of hydrogen-bond donors (Lipinski definition) is 1.